The van der Waals surface area contributed by atoms with Crippen molar-refractivity contribution in [2.45, 2.75) is 39.7 Å². The molecule has 4 nitrogen and oxygen atoms in total. The molecule has 0 rings (SSSR count). The molecule has 0 radical (unpaired) electrons. The van der Waals surface area contributed by atoms with Crippen molar-refractivity contribution in [3.05, 3.63) is 0 Å². The van der Waals surface area contributed by atoms with Crippen LogP contribution in [0.5, 0.6) is 0 Å². The first-order valence-electron chi connectivity index (χ1n) is 5.54. The van der Waals surface area contributed by atoms with Crippen LogP contribution in [0.15, 0.2) is 0 Å². The summed E-state index contributed by atoms with van der Waals surface area (Å²) in [4.78, 5) is 13.5. The van der Waals surface area contributed by atoms with Crippen molar-refractivity contribution < 1.29 is 4.79 Å². The van der Waals surface area contributed by atoms with E-state index in [2.05, 4.69) is 0 Å². The lowest BCUT2D eigenvalue weighted by molar-refractivity contribution is -0.132. The molecule has 0 aliphatic carbocycles. The summed E-state index contributed by atoms with van der Waals surface area (Å²) in [6, 6.07) is -0.367. The normalized spacial score (nSPS) is 13.7. The Morgan fingerprint density at radius 3 is 2.40 bits per heavy atom. The highest BCUT2D eigenvalue weighted by molar-refractivity contribution is 5.81. The van der Waals surface area contributed by atoms with E-state index in [9.17, 15) is 4.79 Å². The molecule has 0 aliphatic heterocycles. The molecule has 0 aromatic heterocycles. The van der Waals surface area contributed by atoms with E-state index in [4.69, 9.17) is 11.5 Å². The lowest BCUT2D eigenvalue weighted by Crippen LogP contribution is -2.46. The van der Waals surface area contributed by atoms with Gasteiger partial charge in [-0.1, -0.05) is 27.2 Å². The van der Waals surface area contributed by atoms with Gasteiger partial charge in [0.2, 0.25) is 5.91 Å². The van der Waals surface area contributed by atoms with Crippen molar-refractivity contribution >= 4 is 5.91 Å². The van der Waals surface area contributed by atoms with Gasteiger partial charge in [0, 0.05) is 13.6 Å². The molecule has 90 valence electrons. The van der Waals surface area contributed by atoms with Gasteiger partial charge < -0.3 is 16.4 Å². The summed E-state index contributed by atoms with van der Waals surface area (Å²) in [5.41, 5.74) is 11.3. The fourth-order valence-electron chi connectivity index (χ4n) is 1.50. The van der Waals surface area contributed by atoms with Gasteiger partial charge in [-0.3, -0.25) is 4.79 Å². The molecule has 0 bridgehead atoms. The Morgan fingerprint density at radius 1 is 1.47 bits per heavy atom. The minimum Gasteiger partial charge on any atom is -0.344 e. The molecule has 1 unspecified atom stereocenters. The zero-order chi connectivity index (χ0) is 12.1. The van der Waals surface area contributed by atoms with E-state index in [1.54, 1.807) is 11.9 Å². The Morgan fingerprint density at radius 2 is 2.00 bits per heavy atom. The van der Waals surface area contributed by atoms with Gasteiger partial charge in [-0.25, -0.2) is 0 Å². The van der Waals surface area contributed by atoms with E-state index in [1.807, 2.05) is 20.8 Å². The summed E-state index contributed by atoms with van der Waals surface area (Å²) in [5, 5.41) is 0. The zero-order valence-corrected chi connectivity index (χ0v) is 10.4. The van der Waals surface area contributed by atoms with E-state index in [0.717, 1.165) is 12.8 Å². The Balaban J connectivity index is 4.21. The summed E-state index contributed by atoms with van der Waals surface area (Å²) in [6.07, 6.45) is 1.67. The van der Waals surface area contributed by atoms with Crippen LogP contribution in [-0.2, 0) is 4.79 Å². The number of nitrogens with two attached hydrogens (primary N) is 2. The first kappa shape index (κ1) is 14.4. The van der Waals surface area contributed by atoms with Gasteiger partial charge in [0.05, 0.1) is 6.04 Å². The third-order valence-electron chi connectivity index (χ3n) is 2.51. The van der Waals surface area contributed by atoms with Crippen LogP contribution in [0.2, 0.25) is 0 Å². The second-order valence-corrected chi connectivity index (χ2v) is 4.96. The van der Waals surface area contributed by atoms with Gasteiger partial charge in [-0.05, 0) is 18.4 Å². The predicted molar refractivity (Wildman–Crippen MR) is 63.4 cm³/mol. The molecule has 1 atom stereocenters. The first-order chi connectivity index (χ1) is 6.84. The molecule has 4 heteroatoms. The van der Waals surface area contributed by atoms with Crippen LogP contribution in [0.4, 0.5) is 0 Å². The number of hydrogen-bond donors (Lipinski definition) is 2. The number of hydrogen-bond acceptors (Lipinski definition) is 3. The van der Waals surface area contributed by atoms with Crippen molar-refractivity contribution in [3.8, 4) is 0 Å². The van der Waals surface area contributed by atoms with Crippen LogP contribution in [0.25, 0.3) is 0 Å². The molecule has 0 saturated heterocycles. The lowest BCUT2D eigenvalue weighted by Gasteiger charge is -2.30. The standard InChI is InChI=1S/C11H25N3O/c1-5-6-9(13)10(15)14(4)8-11(2,3)7-12/h9H,5-8,12-13H2,1-4H3. The van der Waals surface area contributed by atoms with Crippen molar-refractivity contribution in [2.24, 2.45) is 16.9 Å². The highest BCUT2D eigenvalue weighted by Crippen LogP contribution is 2.14. The van der Waals surface area contributed by atoms with Gasteiger partial charge in [0.25, 0.3) is 0 Å². The van der Waals surface area contributed by atoms with Crippen molar-refractivity contribution in [1.82, 2.24) is 4.90 Å². The van der Waals surface area contributed by atoms with Gasteiger partial charge in [0.15, 0.2) is 0 Å². The van der Waals surface area contributed by atoms with E-state index in [0.29, 0.717) is 13.1 Å². The van der Waals surface area contributed by atoms with Gasteiger partial charge >= 0.3 is 0 Å². The van der Waals surface area contributed by atoms with E-state index in [1.165, 1.54) is 0 Å². The molecule has 0 heterocycles. The van der Waals surface area contributed by atoms with Crippen LogP contribution in [0, 0.1) is 5.41 Å². The first-order valence-corrected chi connectivity index (χ1v) is 5.54. The average molecular weight is 215 g/mol. The summed E-state index contributed by atoms with van der Waals surface area (Å²) in [5.74, 6) is 0.0124. The highest BCUT2D eigenvalue weighted by atomic mass is 16.2. The summed E-state index contributed by atoms with van der Waals surface area (Å²) in [6.45, 7) is 7.33. The lowest BCUT2D eigenvalue weighted by atomic mass is 9.93. The van der Waals surface area contributed by atoms with Gasteiger partial charge in [-0.15, -0.1) is 0 Å². The minimum atomic E-state index is -0.367. The third kappa shape index (κ3) is 5.14. The molecule has 1 amide bonds. The third-order valence-corrected chi connectivity index (χ3v) is 2.51. The second-order valence-electron chi connectivity index (χ2n) is 4.96. The predicted octanol–water partition coefficient (Wildman–Crippen LogP) is 0.557. The summed E-state index contributed by atoms with van der Waals surface area (Å²) >= 11 is 0. The van der Waals surface area contributed by atoms with Crippen LogP contribution < -0.4 is 11.5 Å². The monoisotopic (exact) mass is 215 g/mol. The number of carbonyl (C=O) groups is 1. The van der Waals surface area contributed by atoms with Crippen molar-refractivity contribution in [2.75, 3.05) is 20.1 Å². The fraction of sp³-hybridized carbons (Fsp3) is 0.909. The number of amides is 1. The number of likely N-dealkylation sites (N-methyl/N-ethyl adjacent to an activating group) is 1. The van der Waals surface area contributed by atoms with Crippen LogP contribution in [0.3, 0.4) is 0 Å². The Hall–Kier alpha value is -0.610. The number of rotatable bonds is 6. The minimum absolute atomic E-state index is 0.0124. The maximum Gasteiger partial charge on any atom is 0.239 e. The number of carbonyl (C=O) groups excluding carboxylic acids is 1. The average Bonchev–Trinajstić information content (AvgIpc) is 2.16. The molecule has 0 fully saturated rings. The summed E-state index contributed by atoms with van der Waals surface area (Å²) in [7, 11) is 1.79. The molecule has 0 saturated carbocycles. The Bertz CT molecular complexity index is 204. The maximum absolute atomic E-state index is 11.8. The summed E-state index contributed by atoms with van der Waals surface area (Å²) < 4.78 is 0. The fourth-order valence-corrected chi connectivity index (χ4v) is 1.50. The Kier molecular flexibility index (Phi) is 5.83. The molecular formula is C11H25N3O. The van der Waals surface area contributed by atoms with Crippen molar-refractivity contribution in [1.29, 1.82) is 0 Å². The zero-order valence-electron chi connectivity index (χ0n) is 10.4. The smallest absolute Gasteiger partial charge is 0.239 e. The molecule has 0 spiro atoms. The topological polar surface area (TPSA) is 72.4 Å². The Labute approximate surface area is 93.0 Å². The molecule has 0 aliphatic rings. The van der Waals surface area contributed by atoms with Crippen molar-refractivity contribution in [3.63, 3.8) is 0 Å². The van der Waals surface area contributed by atoms with Crippen LogP contribution >= 0.6 is 0 Å². The quantitative estimate of drug-likeness (QED) is 0.680. The SMILES string of the molecule is CCCC(N)C(=O)N(C)CC(C)(C)CN. The van der Waals surface area contributed by atoms with Gasteiger partial charge in [0.1, 0.15) is 0 Å². The van der Waals surface area contributed by atoms with E-state index in [-0.39, 0.29) is 17.4 Å². The van der Waals surface area contributed by atoms with Gasteiger partial charge in [-0.2, -0.15) is 0 Å². The maximum atomic E-state index is 11.8. The largest absolute Gasteiger partial charge is 0.344 e. The number of nitrogens with zero attached hydrogens (tertiary/aromatic N) is 1. The van der Waals surface area contributed by atoms with Crippen LogP contribution in [0.1, 0.15) is 33.6 Å². The van der Waals surface area contributed by atoms with E-state index >= 15 is 0 Å². The molecule has 4 N–H and O–H groups in total. The second kappa shape index (κ2) is 6.08. The molecular weight excluding hydrogens is 190 g/mol. The molecule has 15 heavy (non-hydrogen) atoms. The molecule has 0 aromatic carbocycles. The molecule has 0 aromatic rings. The highest BCUT2D eigenvalue weighted by Gasteiger charge is 2.23. The van der Waals surface area contributed by atoms with E-state index < -0.39 is 0 Å². The van der Waals surface area contributed by atoms with Crippen LogP contribution in [-0.4, -0.2) is 37.0 Å².